The maximum absolute atomic E-state index is 12.1. The molecule has 0 N–H and O–H groups in total. The van der Waals surface area contributed by atoms with Gasteiger partial charge in [0.2, 0.25) is 0 Å². The minimum absolute atomic E-state index is 0.118. The van der Waals surface area contributed by atoms with E-state index in [1.54, 1.807) is 12.1 Å². The summed E-state index contributed by atoms with van der Waals surface area (Å²) < 4.78 is 46.3. The fraction of sp³-hybridized carbons (Fsp3) is 0.455. The largest absolute Gasteiger partial charge is 0.491 e. The minimum Gasteiger partial charge on any atom is -0.491 e. The highest BCUT2D eigenvalue weighted by molar-refractivity contribution is 9.09. The van der Waals surface area contributed by atoms with Crippen molar-refractivity contribution in [2.75, 3.05) is 19.8 Å². The number of benzene rings is 1. The average molecular weight is 313 g/mol. The summed E-state index contributed by atoms with van der Waals surface area (Å²) in [6, 6.07) is 9.01. The topological polar surface area (TPSA) is 18.5 Å². The van der Waals surface area contributed by atoms with Gasteiger partial charge in [-0.15, -0.1) is 0 Å². The second kappa shape index (κ2) is 6.86. The molecule has 0 aliphatic rings. The number of halogens is 4. The van der Waals surface area contributed by atoms with Crippen LogP contribution in [0, 0.1) is 0 Å². The third-order valence-electron chi connectivity index (χ3n) is 1.86. The normalized spacial score (nSPS) is 13.4. The van der Waals surface area contributed by atoms with E-state index >= 15 is 0 Å². The molecule has 0 spiro atoms. The van der Waals surface area contributed by atoms with Gasteiger partial charge in [0.25, 0.3) is 0 Å². The van der Waals surface area contributed by atoms with E-state index < -0.39 is 17.6 Å². The molecule has 1 atom stereocenters. The molecule has 0 aliphatic heterocycles. The van der Waals surface area contributed by atoms with E-state index in [1.165, 1.54) is 0 Å². The van der Waals surface area contributed by atoms with Crippen molar-refractivity contribution in [2.45, 2.75) is 11.0 Å². The Balaban J connectivity index is 2.09. The van der Waals surface area contributed by atoms with Crippen LogP contribution in [-0.2, 0) is 4.74 Å². The fourth-order valence-corrected chi connectivity index (χ4v) is 1.20. The lowest BCUT2D eigenvalue weighted by Crippen LogP contribution is -2.28. The van der Waals surface area contributed by atoms with Crippen LogP contribution in [-0.4, -0.2) is 30.8 Å². The van der Waals surface area contributed by atoms with Crippen LogP contribution in [0.4, 0.5) is 13.2 Å². The highest BCUT2D eigenvalue weighted by Gasteiger charge is 2.37. The zero-order valence-electron chi connectivity index (χ0n) is 8.91. The first-order chi connectivity index (χ1) is 8.00. The van der Waals surface area contributed by atoms with Crippen molar-refractivity contribution >= 4 is 15.9 Å². The van der Waals surface area contributed by atoms with Crippen molar-refractivity contribution < 1.29 is 22.6 Å². The lowest BCUT2D eigenvalue weighted by molar-refractivity contribution is -0.137. The third kappa shape index (κ3) is 5.93. The summed E-state index contributed by atoms with van der Waals surface area (Å²) in [6.45, 7) is -0.0731. The van der Waals surface area contributed by atoms with E-state index in [9.17, 15) is 13.2 Å². The van der Waals surface area contributed by atoms with E-state index in [0.717, 1.165) is 0 Å². The van der Waals surface area contributed by atoms with Crippen LogP contribution in [0.5, 0.6) is 5.75 Å². The van der Waals surface area contributed by atoms with Crippen LogP contribution in [0.1, 0.15) is 0 Å². The predicted octanol–water partition coefficient (Wildman–Crippen LogP) is 3.41. The average Bonchev–Trinajstić information content (AvgIpc) is 2.28. The van der Waals surface area contributed by atoms with E-state index in [0.29, 0.717) is 5.75 Å². The SMILES string of the molecule is FC(F)(F)C(Br)COCCOc1ccccc1. The van der Waals surface area contributed by atoms with Crippen molar-refractivity contribution in [3.05, 3.63) is 30.3 Å². The molecule has 1 rings (SSSR count). The zero-order chi connectivity index (χ0) is 12.7. The first kappa shape index (κ1) is 14.3. The Hall–Kier alpha value is -0.750. The Morgan fingerprint density at radius 1 is 1.12 bits per heavy atom. The van der Waals surface area contributed by atoms with Gasteiger partial charge < -0.3 is 9.47 Å². The molecule has 1 aromatic rings. The maximum atomic E-state index is 12.1. The van der Waals surface area contributed by atoms with Gasteiger partial charge in [-0.25, -0.2) is 0 Å². The molecule has 2 nitrogen and oxygen atoms in total. The molecule has 96 valence electrons. The van der Waals surface area contributed by atoms with Crippen LogP contribution in [0.25, 0.3) is 0 Å². The molecule has 6 heteroatoms. The van der Waals surface area contributed by atoms with Gasteiger partial charge >= 0.3 is 6.18 Å². The monoisotopic (exact) mass is 312 g/mol. The molecule has 0 bridgehead atoms. The van der Waals surface area contributed by atoms with Crippen molar-refractivity contribution in [1.29, 1.82) is 0 Å². The maximum Gasteiger partial charge on any atom is 0.403 e. The van der Waals surface area contributed by atoms with Gasteiger partial charge in [0, 0.05) is 0 Å². The van der Waals surface area contributed by atoms with Crippen molar-refractivity contribution in [2.24, 2.45) is 0 Å². The van der Waals surface area contributed by atoms with Crippen LogP contribution in [0.2, 0.25) is 0 Å². The van der Waals surface area contributed by atoms with Gasteiger partial charge in [-0.2, -0.15) is 13.2 Å². The van der Waals surface area contributed by atoms with Gasteiger partial charge in [-0.3, -0.25) is 0 Å². The Bertz CT molecular complexity index is 316. The molecule has 1 aromatic carbocycles. The summed E-state index contributed by atoms with van der Waals surface area (Å²) in [6.07, 6.45) is -4.28. The molecule has 0 saturated carbocycles. The minimum atomic E-state index is -4.28. The van der Waals surface area contributed by atoms with E-state index in [1.807, 2.05) is 18.2 Å². The molecule has 17 heavy (non-hydrogen) atoms. The van der Waals surface area contributed by atoms with Crippen LogP contribution in [0.15, 0.2) is 30.3 Å². The molecular formula is C11H12BrF3O2. The Kier molecular flexibility index (Phi) is 5.77. The fourth-order valence-electron chi connectivity index (χ4n) is 1.02. The quantitative estimate of drug-likeness (QED) is 0.592. The molecule has 0 radical (unpaired) electrons. The van der Waals surface area contributed by atoms with E-state index in [4.69, 9.17) is 9.47 Å². The smallest absolute Gasteiger partial charge is 0.403 e. The number of ether oxygens (including phenoxy) is 2. The van der Waals surface area contributed by atoms with Crippen molar-refractivity contribution in [3.8, 4) is 5.75 Å². The Morgan fingerprint density at radius 3 is 2.35 bits per heavy atom. The number of hydrogen-bond donors (Lipinski definition) is 0. The molecule has 1 unspecified atom stereocenters. The summed E-state index contributed by atoms with van der Waals surface area (Å²) >= 11 is 2.50. The second-order valence-electron chi connectivity index (χ2n) is 3.25. The van der Waals surface area contributed by atoms with Gasteiger partial charge in [0.05, 0.1) is 13.2 Å². The van der Waals surface area contributed by atoms with Gasteiger partial charge in [0.1, 0.15) is 17.2 Å². The molecule has 0 saturated heterocycles. The van der Waals surface area contributed by atoms with Crippen molar-refractivity contribution in [3.63, 3.8) is 0 Å². The summed E-state index contributed by atoms with van der Waals surface area (Å²) in [7, 11) is 0. The van der Waals surface area contributed by atoms with Gasteiger partial charge in [0.15, 0.2) is 0 Å². The Morgan fingerprint density at radius 2 is 1.76 bits per heavy atom. The standard InChI is InChI=1S/C11H12BrF3O2/c12-10(11(13,14)15)8-16-6-7-17-9-4-2-1-3-5-9/h1-5,10H,6-8H2. The second-order valence-corrected chi connectivity index (χ2v) is 4.35. The number of alkyl halides is 4. The highest BCUT2D eigenvalue weighted by atomic mass is 79.9. The lowest BCUT2D eigenvalue weighted by Gasteiger charge is -2.14. The van der Waals surface area contributed by atoms with Crippen LogP contribution >= 0.6 is 15.9 Å². The summed E-state index contributed by atoms with van der Waals surface area (Å²) in [5, 5.41) is 0. The summed E-state index contributed by atoms with van der Waals surface area (Å²) in [5.41, 5.74) is 0. The lowest BCUT2D eigenvalue weighted by atomic mass is 10.3. The predicted molar refractivity (Wildman–Crippen MR) is 61.5 cm³/mol. The molecule has 0 aliphatic carbocycles. The van der Waals surface area contributed by atoms with E-state index in [-0.39, 0.29) is 13.2 Å². The van der Waals surface area contributed by atoms with Crippen molar-refractivity contribution in [1.82, 2.24) is 0 Å². The van der Waals surface area contributed by atoms with Crippen LogP contribution in [0.3, 0.4) is 0 Å². The number of rotatable bonds is 6. The first-order valence-corrected chi connectivity index (χ1v) is 5.88. The summed E-state index contributed by atoms with van der Waals surface area (Å²) in [5.74, 6) is 0.669. The number of hydrogen-bond acceptors (Lipinski definition) is 2. The Labute approximate surface area is 106 Å². The molecule has 0 heterocycles. The van der Waals surface area contributed by atoms with E-state index in [2.05, 4.69) is 15.9 Å². The van der Waals surface area contributed by atoms with Gasteiger partial charge in [-0.1, -0.05) is 34.1 Å². The molecule has 0 fully saturated rings. The molecule has 0 aromatic heterocycles. The molecular weight excluding hydrogens is 301 g/mol. The zero-order valence-corrected chi connectivity index (χ0v) is 10.5. The first-order valence-electron chi connectivity index (χ1n) is 4.96. The summed E-state index contributed by atoms with van der Waals surface area (Å²) in [4.78, 5) is -1.63. The number of para-hydroxylation sites is 1. The van der Waals surface area contributed by atoms with Gasteiger partial charge in [-0.05, 0) is 12.1 Å². The highest BCUT2D eigenvalue weighted by Crippen LogP contribution is 2.26. The van der Waals surface area contributed by atoms with Crippen LogP contribution < -0.4 is 4.74 Å². The molecule has 0 amide bonds. The third-order valence-corrected chi connectivity index (χ3v) is 2.64.